The molecule has 0 bridgehead atoms. The van der Waals surface area contributed by atoms with Crippen molar-refractivity contribution < 1.29 is 23.9 Å². The van der Waals surface area contributed by atoms with Gasteiger partial charge in [-0.1, -0.05) is 84.3 Å². The van der Waals surface area contributed by atoms with Crippen LogP contribution >= 0.6 is 0 Å². The topological polar surface area (TPSA) is 106 Å². The van der Waals surface area contributed by atoms with Crippen LogP contribution in [0.2, 0.25) is 0 Å². The Balaban J connectivity index is 1.91. The molecule has 42 heavy (non-hydrogen) atoms. The van der Waals surface area contributed by atoms with Gasteiger partial charge < -0.3 is 25.4 Å². The van der Waals surface area contributed by atoms with Crippen molar-refractivity contribution in [3.63, 3.8) is 0 Å². The molecule has 3 amide bonds. The molecular formula is C34H63N3O5. The Hall–Kier alpha value is -1.93. The Kier molecular flexibility index (Phi) is 20.5. The molecule has 0 radical (unpaired) electrons. The van der Waals surface area contributed by atoms with Gasteiger partial charge in [0.25, 0.3) is 0 Å². The Morgan fingerprint density at radius 3 is 1.79 bits per heavy atom. The van der Waals surface area contributed by atoms with E-state index in [0.29, 0.717) is 26.1 Å². The highest BCUT2D eigenvalue weighted by Gasteiger charge is 2.45. The van der Waals surface area contributed by atoms with Gasteiger partial charge in [0.05, 0.1) is 6.61 Å². The molecule has 1 rings (SSSR count). The summed E-state index contributed by atoms with van der Waals surface area (Å²) in [4.78, 5) is 36.8. The van der Waals surface area contributed by atoms with Gasteiger partial charge in [-0.3, -0.25) is 14.4 Å². The number of hydrogen-bond donors (Lipinski definition) is 3. The van der Waals surface area contributed by atoms with Crippen LogP contribution in [0.25, 0.3) is 0 Å². The molecule has 8 nitrogen and oxygen atoms in total. The van der Waals surface area contributed by atoms with Gasteiger partial charge in [-0.25, -0.2) is 0 Å². The van der Waals surface area contributed by atoms with Crippen molar-refractivity contribution in [2.75, 3.05) is 26.2 Å². The molecule has 1 fully saturated rings. The zero-order valence-electron chi connectivity index (χ0n) is 27.6. The summed E-state index contributed by atoms with van der Waals surface area (Å²) in [5, 5.41) is 8.68. The quantitative estimate of drug-likeness (QED) is 0.0851. The number of allylic oxidation sites excluding steroid dienone is 2. The van der Waals surface area contributed by atoms with Crippen LogP contribution in [-0.2, 0) is 23.9 Å². The summed E-state index contributed by atoms with van der Waals surface area (Å²) in [5.41, 5.74) is -0.443. The third-order valence-electron chi connectivity index (χ3n) is 7.71. The van der Waals surface area contributed by atoms with Crippen molar-refractivity contribution in [1.29, 1.82) is 0 Å². The highest BCUT2D eigenvalue weighted by atomic mass is 16.7. The van der Waals surface area contributed by atoms with Gasteiger partial charge >= 0.3 is 0 Å². The van der Waals surface area contributed by atoms with Crippen LogP contribution in [0, 0.1) is 5.41 Å². The van der Waals surface area contributed by atoms with Gasteiger partial charge in [0.1, 0.15) is 6.10 Å². The van der Waals surface area contributed by atoms with E-state index in [1.54, 1.807) is 13.8 Å². The largest absolute Gasteiger partial charge is 0.356 e. The normalized spacial score (nSPS) is 17.7. The van der Waals surface area contributed by atoms with Crippen LogP contribution in [0.4, 0.5) is 0 Å². The Morgan fingerprint density at radius 2 is 1.19 bits per heavy atom. The fourth-order valence-corrected chi connectivity index (χ4v) is 4.95. The van der Waals surface area contributed by atoms with Crippen LogP contribution in [0.5, 0.6) is 0 Å². The number of unbranched alkanes of at least 4 members (excludes halogenated alkanes) is 12. The molecule has 0 aromatic heterocycles. The van der Waals surface area contributed by atoms with Gasteiger partial charge in [-0.05, 0) is 58.8 Å². The van der Waals surface area contributed by atoms with Crippen LogP contribution in [0.15, 0.2) is 12.2 Å². The first kappa shape index (κ1) is 38.1. The van der Waals surface area contributed by atoms with Crippen molar-refractivity contribution in [2.45, 2.75) is 156 Å². The van der Waals surface area contributed by atoms with Crippen molar-refractivity contribution in [2.24, 2.45) is 5.41 Å². The smallest absolute Gasteiger partial charge is 0.249 e. The first-order valence-corrected chi connectivity index (χ1v) is 16.9. The van der Waals surface area contributed by atoms with Gasteiger partial charge in [0.2, 0.25) is 17.7 Å². The SMILES string of the molecule is CCCCCCCCC=CCCCCCCCC(=O)NCCCCNC(=O)CCNC(=O)C1OC(C)(C)OCC1(C)C. The number of amides is 3. The molecule has 0 aromatic rings. The lowest BCUT2D eigenvalue weighted by Crippen LogP contribution is -2.56. The summed E-state index contributed by atoms with van der Waals surface area (Å²) < 4.78 is 11.5. The van der Waals surface area contributed by atoms with E-state index >= 15 is 0 Å². The van der Waals surface area contributed by atoms with Crippen LogP contribution < -0.4 is 16.0 Å². The van der Waals surface area contributed by atoms with Gasteiger partial charge in [-0.2, -0.15) is 0 Å². The van der Waals surface area contributed by atoms with E-state index in [1.165, 1.54) is 70.6 Å². The summed E-state index contributed by atoms with van der Waals surface area (Å²) in [7, 11) is 0. The summed E-state index contributed by atoms with van der Waals surface area (Å²) >= 11 is 0. The highest BCUT2D eigenvalue weighted by molar-refractivity contribution is 5.83. The maximum Gasteiger partial charge on any atom is 0.249 e. The predicted molar refractivity (Wildman–Crippen MR) is 171 cm³/mol. The molecule has 1 aliphatic rings. The number of carbonyl (C=O) groups excluding carboxylic acids is 3. The second-order valence-electron chi connectivity index (χ2n) is 13.0. The molecule has 0 aliphatic carbocycles. The number of rotatable bonds is 24. The minimum atomic E-state index is -0.807. The van der Waals surface area contributed by atoms with E-state index < -0.39 is 17.3 Å². The minimum Gasteiger partial charge on any atom is -0.356 e. The Labute approximate surface area is 256 Å². The van der Waals surface area contributed by atoms with Gasteiger partial charge in [0, 0.05) is 37.9 Å². The zero-order chi connectivity index (χ0) is 31.1. The van der Waals surface area contributed by atoms with Crippen LogP contribution in [-0.4, -0.2) is 55.9 Å². The fraction of sp³-hybridized carbons (Fsp3) is 0.853. The van der Waals surface area contributed by atoms with Crippen molar-refractivity contribution >= 4 is 17.7 Å². The Morgan fingerprint density at radius 1 is 0.667 bits per heavy atom. The lowest BCUT2D eigenvalue weighted by Gasteiger charge is -2.44. The minimum absolute atomic E-state index is 0.101. The third-order valence-corrected chi connectivity index (χ3v) is 7.71. The molecule has 1 atom stereocenters. The number of carbonyl (C=O) groups is 3. The summed E-state index contributed by atoms with van der Waals surface area (Å²) in [6.07, 6.45) is 22.8. The molecule has 1 heterocycles. The molecule has 0 saturated carbocycles. The van der Waals surface area contributed by atoms with E-state index in [9.17, 15) is 14.4 Å². The van der Waals surface area contributed by atoms with E-state index in [0.717, 1.165) is 25.7 Å². The lowest BCUT2D eigenvalue weighted by atomic mass is 9.85. The molecule has 1 saturated heterocycles. The third kappa shape index (κ3) is 19.3. The maximum atomic E-state index is 12.6. The maximum absolute atomic E-state index is 12.6. The second-order valence-corrected chi connectivity index (χ2v) is 13.0. The first-order valence-electron chi connectivity index (χ1n) is 16.9. The standard InChI is InChI=1S/C34H63N3O5/c1-6-7-8-9-10-11-12-13-14-15-16-17-18-19-20-23-29(38)35-25-21-22-26-36-30(39)24-27-37-32(40)31-33(2,3)28-41-34(4,5)42-31/h13-14,31H,6-12,15-28H2,1-5H3,(H,35,38)(H,36,39)(H,37,40). The van der Waals surface area contributed by atoms with Crippen LogP contribution in [0.3, 0.4) is 0 Å². The van der Waals surface area contributed by atoms with E-state index in [2.05, 4.69) is 35.0 Å². The summed E-state index contributed by atoms with van der Waals surface area (Å²) in [6, 6.07) is 0. The Bertz CT molecular complexity index is 781. The molecular weight excluding hydrogens is 530 g/mol. The summed E-state index contributed by atoms with van der Waals surface area (Å²) in [5.74, 6) is -1.01. The average molecular weight is 594 g/mol. The second kappa shape index (κ2) is 22.6. The predicted octanol–water partition coefficient (Wildman–Crippen LogP) is 6.72. The van der Waals surface area contributed by atoms with Crippen molar-refractivity contribution in [3.05, 3.63) is 12.2 Å². The fourth-order valence-electron chi connectivity index (χ4n) is 4.95. The van der Waals surface area contributed by atoms with Gasteiger partial charge in [-0.15, -0.1) is 0 Å². The monoisotopic (exact) mass is 593 g/mol. The van der Waals surface area contributed by atoms with E-state index in [1.807, 2.05) is 13.8 Å². The molecule has 3 N–H and O–H groups in total. The first-order chi connectivity index (χ1) is 20.1. The molecule has 8 heteroatoms. The van der Waals surface area contributed by atoms with Crippen molar-refractivity contribution in [3.8, 4) is 0 Å². The molecule has 0 spiro atoms. The van der Waals surface area contributed by atoms with E-state index in [-0.39, 0.29) is 30.7 Å². The molecule has 0 aromatic carbocycles. The average Bonchev–Trinajstić information content (AvgIpc) is 2.94. The highest BCUT2D eigenvalue weighted by Crippen LogP contribution is 2.34. The lowest BCUT2D eigenvalue weighted by molar-refractivity contribution is -0.304. The van der Waals surface area contributed by atoms with Crippen molar-refractivity contribution in [1.82, 2.24) is 16.0 Å². The van der Waals surface area contributed by atoms with E-state index in [4.69, 9.17) is 9.47 Å². The number of hydrogen-bond acceptors (Lipinski definition) is 5. The zero-order valence-corrected chi connectivity index (χ0v) is 27.6. The molecule has 1 unspecified atom stereocenters. The summed E-state index contributed by atoms with van der Waals surface area (Å²) in [6.45, 7) is 11.6. The van der Waals surface area contributed by atoms with Gasteiger partial charge in [0.15, 0.2) is 5.79 Å². The molecule has 1 aliphatic heterocycles. The number of ether oxygens (including phenoxy) is 2. The van der Waals surface area contributed by atoms with Crippen LogP contribution in [0.1, 0.15) is 144 Å². The molecule has 244 valence electrons. The number of nitrogens with one attached hydrogen (secondary N) is 3.